The third kappa shape index (κ3) is 2.76. The van der Waals surface area contributed by atoms with E-state index in [2.05, 4.69) is 56.0 Å². The summed E-state index contributed by atoms with van der Waals surface area (Å²) in [6, 6.07) is 8.03. The number of aryl methyl sites for hydroxylation is 2. The van der Waals surface area contributed by atoms with Gasteiger partial charge in [-0.1, -0.05) is 29.3 Å². The molecule has 1 aliphatic heterocycles. The van der Waals surface area contributed by atoms with E-state index in [0.717, 1.165) is 0 Å². The number of hydrogen-bond donors (Lipinski definition) is 1. The van der Waals surface area contributed by atoms with Crippen LogP contribution in [0.15, 0.2) is 18.2 Å². The fourth-order valence-corrected chi connectivity index (χ4v) is 3.32. The van der Waals surface area contributed by atoms with Crippen LogP contribution in [0.4, 0.5) is 0 Å². The molecule has 1 fully saturated rings. The van der Waals surface area contributed by atoms with E-state index in [0.29, 0.717) is 12.1 Å². The predicted octanol–water partition coefficient (Wildman–Crippen LogP) is 3.07. The molecule has 15 heavy (non-hydrogen) atoms. The van der Waals surface area contributed by atoms with Gasteiger partial charge in [-0.05, 0) is 26.3 Å². The summed E-state index contributed by atoms with van der Waals surface area (Å²) in [4.78, 5) is 0. The first kappa shape index (κ1) is 11.0. The van der Waals surface area contributed by atoms with E-state index in [1.165, 1.54) is 28.2 Å². The van der Waals surface area contributed by atoms with Gasteiger partial charge in [-0.25, -0.2) is 0 Å². The van der Waals surface area contributed by atoms with Crippen LogP contribution in [0.3, 0.4) is 0 Å². The summed E-state index contributed by atoms with van der Waals surface area (Å²) < 4.78 is 0. The van der Waals surface area contributed by atoms with Gasteiger partial charge >= 0.3 is 0 Å². The molecule has 82 valence electrons. The average Bonchev–Trinajstić information content (AvgIpc) is 2.16. The lowest BCUT2D eigenvalue weighted by Gasteiger charge is -2.29. The molecular formula is C13H19NS. The SMILES string of the molecule is Cc1cc(C)cc(C2CSCC(C)N2)c1. The van der Waals surface area contributed by atoms with Crippen LogP contribution in [0.1, 0.15) is 29.7 Å². The Kier molecular flexibility index (Phi) is 3.37. The summed E-state index contributed by atoms with van der Waals surface area (Å²) in [5.74, 6) is 2.44. The molecule has 0 amide bonds. The Hall–Kier alpha value is -0.470. The van der Waals surface area contributed by atoms with Gasteiger partial charge in [0.2, 0.25) is 0 Å². The molecule has 0 bridgehead atoms. The summed E-state index contributed by atoms with van der Waals surface area (Å²) in [7, 11) is 0. The van der Waals surface area contributed by atoms with Crippen LogP contribution in [0.2, 0.25) is 0 Å². The van der Waals surface area contributed by atoms with Crippen LogP contribution in [0, 0.1) is 13.8 Å². The van der Waals surface area contributed by atoms with Gasteiger partial charge < -0.3 is 5.32 Å². The molecule has 1 aromatic carbocycles. The highest BCUT2D eigenvalue weighted by Crippen LogP contribution is 2.25. The molecule has 0 saturated carbocycles. The first-order chi connectivity index (χ1) is 7.15. The van der Waals surface area contributed by atoms with Crippen molar-refractivity contribution >= 4 is 11.8 Å². The van der Waals surface area contributed by atoms with Crippen LogP contribution in [-0.2, 0) is 0 Å². The lowest BCUT2D eigenvalue weighted by atomic mass is 10.0. The number of nitrogens with one attached hydrogen (secondary N) is 1. The number of hydrogen-bond acceptors (Lipinski definition) is 2. The minimum Gasteiger partial charge on any atom is -0.306 e. The molecule has 1 nitrogen and oxygen atoms in total. The van der Waals surface area contributed by atoms with Crippen LogP contribution >= 0.6 is 11.8 Å². The standard InChI is InChI=1S/C13H19NS/c1-9-4-10(2)6-12(5-9)13-8-15-7-11(3)14-13/h4-6,11,13-14H,7-8H2,1-3H3. The summed E-state index contributed by atoms with van der Waals surface area (Å²) >= 11 is 2.06. The van der Waals surface area contributed by atoms with Gasteiger partial charge in [-0.15, -0.1) is 0 Å². The lowest BCUT2D eigenvalue weighted by Crippen LogP contribution is -2.37. The number of thioether (sulfide) groups is 1. The van der Waals surface area contributed by atoms with Gasteiger partial charge in [0.25, 0.3) is 0 Å². The summed E-state index contributed by atoms with van der Waals surface area (Å²) in [6.45, 7) is 6.62. The molecule has 1 aliphatic rings. The molecule has 1 saturated heterocycles. The molecule has 0 radical (unpaired) electrons. The number of benzene rings is 1. The fourth-order valence-electron chi connectivity index (χ4n) is 2.21. The van der Waals surface area contributed by atoms with Gasteiger partial charge in [-0.3, -0.25) is 0 Å². The van der Waals surface area contributed by atoms with Crippen molar-refractivity contribution in [2.24, 2.45) is 0 Å². The largest absolute Gasteiger partial charge is 0.306 e. The normalized spacial score (nSPS) is 26.6. The monoisotopic (exact) mass is 221 g/mol. The first-order valence-corrected chi connectivity index (χ1v) is 6.72. The van der Waals surface area contributed by atoms with Gasteiger partial charge in [0.15, 0.2) is 0 Å². The van der Waals surface area contributed by atoms with Crippen LogP contribution in [0.25, 0.3) is 0 Å². The highest BCUT2D eigenvalue weighted by atomic mass is 32.2. The molecule has 0 aliphatic carbocycles. The zero-order valence-corrected chi connectivity index (χ0v) is 10.5. The Morgan fingerprint density at radius 3 is 2.40 bits per heavy atom. The molecule has 2 heteroatoms. The van der Waals surface area contributed by atoms with Crippen LogP contribution in [0.5, 0.6) is 0 Å². The second kappa shape index (κ2) is 4.58. The van der Waals surface area contributed by atoms with Crippen LogP contribution in [-0.4, -0.2) is 17.5 Å². The van der Waals surface area contributed by atoms with Gasteiger partial charge in [0.1, 0.15) is 0 Å². The van der Waals surface area contributed by atoms with Crippen molar-refractivity contribution in [1.29, 1.82) is 0 Å². The molecule has 2 atom stereocenters. The second-order valence-corrected chi connectivity index (χ2v) is 5.65. The maximum absolute atomic E-state index is 3.67. The zero-order chi connectivity index (χ0) is 10.8. The minimum atomic E-state index is 0.539. The molecule has 1 aromatic rings. The van der Waals surface area contributed by atoms with Crippen molar-refractivity contribution in [2.75, 3.05) is 11.5 Å². The van der Waals surface area contributed by atoms with Crippen molar-refractivity contribution < 1.29 is 0 Å². The highest BCUT2D eigenvalue weighted by molar-refractivity contribution is 7.99. The molecule has 2 rings (SSSR count). The van der Waals surface area contributed by atoms with Crippen LogP contribution < -0.4 is 5.32 Å². The Morgan fingerprint density at radius 1 is 1.13 bits per heavy atom. The highest BCUT2D eigenvalue weighted by Gasteiger charge is 2.19. The molecule has 1 N–H and O–H groups in total. The first-order valence-electron chi connectivity index (χ1n) is 5.57. The molecule has 0 aromatic heterocycles. The van der Waals surface area contributed by atoms with Crippen molar-refractivity contribution in [1.82, 2.24) is 5.32 Å². The number of rotatable bonds is 1. The Labute approximate surface area is 96.7 Å². The van der Waals surface area contributed by atoms with Gasteiger partial charge in [0, 0.05) is 23.6 Å². The fraction of sp³-hybridized carbons (Fsp3) is 0.538. The maximum atomic E-state index is 3.67. The smallest absolute Gasteiger partial charge is 0.0414 e. The third-order valence-electron chi connectivity index (χ3n) is 2.78. The summed E-state index contributed by atoms with van der Waals surface area (Å²) in [5, 5.41) is 3.67. The Balaban J connectivity index is 2.20. The predicted molar refractivity (Wildman–Crippen MR) is 68.6 cm³/mol. The van der Waals surface area contributed by atoms with E-state index in [9.17, 15) is 0 Å². The van der Waals surface area contributed by atoms with E-state index >= 15 is 0 Å². The van der Waals surface area contributed by atoms with Crippen molar-refractivity contribution in [2.45, 2.75) is 32.9 Å². The minimum absolute atomic E-state index is 0.539. The molecule has 2 unspecified atom stereocenters. The quantitative estimate of drug-likeness (QED) is 0.782. The van der Waals surface area contributed by atoms with Crippen molar-refractivity contribution in [3.8, 4) is 0 Å². The molecule has 1 heterocycles. The maximum Gasteiger partial charge on any atom is 0.0414 e. The van der Waals surface area contributed by atoms with E-state index in [1.54, 1.807) is 0 Å². The van der Waals surface area contributed by atoms with Gasteiger partial charge in [0.05, 0.1) is 0 Å². The summed E-state index contributed by atoms with van der Waals surface area (Å²) in [5.41, 5.74) is 4.19. The van der Waals surface area contributed by atoms with Crippen molar-refractivity contribution in [3.05, 3.63) is 34.9 Å². The molecule has 0 spiro atoms. The third-order valence-corrected chi connectivity index (χ3v) is 4.09. The zero-order valence-electron chi connectivity index (χ0n) is 9.71. The van der Waals surface area contributed by atoms with E-state index in [1.807, 2.05) is 0 Å². The van der Waals surface area contributed by atoms with Crippen molar-refractivity contribution in [3.63, 3.8) is 0 Å². The van der Waals surface area contributed by atoms with E-state index < -0.39 is 0 Å². The molecular weight excluding hydrogens is 202 g/mol. The topological polar surface area (TPSA) is 12.0 Å². The Bertz CT molecular complexity index is 328. The lowest BCUT2D eigenvalue weighted by molar-refractivity contribution is 0.502. The van der Waals surface area contributed by atoms with Gasteiger partial charge in [-0.2, -0.15) is 11.8 Å². The second-order valence-electron chi connectivity index (χ2n) is 4.58. The van der Waals surface area contributed by atoms with E-state index in [-0.39, 0.29) is 0 Å². The van der Waals surface area contributed by atoms with E-state index in [4.69, 9.17) is 0 Å². The summed E-state index contributed by atoms with van der Waals surface area (Å²) in [6.07, 6.45) is 0. The average molecular weight is 221 g/mol. The Morgan fingerprint density at radius 2 is 1.80 bits per heavy atom.